The van der Waals surface area contributed by atoms with Crippen molar-refractivity contribution in [2.75, 3.05) is 62.7 Å². The molecule has 0 heterocycles. The van der Waals surface area contributed by atoms with E-state index in [2.05, 4.69) is 37.4 Å². The fraction of sp³-hybridized carbons (Fsp3) is 1.00. The molecule has 0 aromatic rings. The molecule has 5 heteroatoms. The molecule has 0 bridgehead atoms. The fourth-order valence-electron chi connectivity index (χ4n) is 5.30. The van der Waals surface area contributed by atoms with Crippen molar-refractivity contribution >= 4 is 23.5 Å². The van der Waals surface area contributed by atoms with Crippen LogP contribution in [-0.4, -0.2) is 62.7 Å². The average Bonchev–Trinajstić information content (AvgIpc) is 3.02. The molecule has 3 nitrogen and oxygen atoms in total. The molecule has 0 N–H and O–H groups in total. The summed E-state index contributed by atoms with van der Waals surface area (Å²) >= 11 is 4.30. The standard InChI is InChI=1S/C38H78O3S2/c1-3-5-7-9-11-13-15-17-19-25-35-42-37-27-21-23-29-39-31-33-41-34-32-40-30-24-22-28-38-43-36-26-20-18-16-14-12-10-8-6-4-2/h3-38H2,1-2H3. The van der Waals surface area contributed by atoms with Crippen molar-refractivity contribution in [1.29, 1.82) is 0 Å². The predicted octanol–water partition coefficient (Wildman–Crippen LogP) is 12.7. The zero-order valence-electron chi connectivity index (χ0n) is 29.5. The molecule has 0 spiro atoms. The van der Waals surface area contributed by atoms with Gasteiger partial charge in [0.1, 0.15) is 0 Å². The highest BCUT2D eigenvalue weighted by Gasteiger charge is 1.97. The van der Waals surface area contributed by atoms with Crippen molar-refractivity contribution < 1.29 is 14.2 Å². The Morgan fingerprint density at radius 3 is 0.791 bits per heavy atom. The van der Waals surface area contributed by atoms with Crippen LogP contribution in [0.1, 0.15) is 181 Å². The maximum atomic E-state index is 5.72. The molecule has 0 aliphatic heterocycles. The van der Waals surface area contributed by atoms with Crippen LogP contribution in [0.4, 0.5) is 0 Å². The minimum Gasteiger partial charge on any atom is -0.379 e. The second-order valence-electron chi connectivity index (χ2n) is 12.5. The topological polar surface area (TPSA) is 27.7 Å². The van der Waals surface area contributed by atoms with Gasteiger partial charge in [0, 0.05) is 13.2 Å². The largest absolute Gasteiger partial charge is 0.379 e. The second-order valence-corrected chi connectivity index (χ2v) is 15.0. The maximum Gasteiger partial charge on any atom is 0.0701 e. The summed E-state index contributed by atoms with van der Waals surface area (Å²) in [5, 5.41) is 0. The molecule has 0 aliphatic carbocycles. The fourth-order valence-corrected chi connectivity index (χ4v) is 7.34. The number of unbranched alkanes of at least 4 members (excludes halogenated alkanes) is 22. The first-order valence-electron chi connectivity index (χ1n) is 19.3. The highest BCUT2D eigenvalue weighted by molar-refractivity contribution is 7.99. The molecule has 0 saturated heterocycles. The molecule has 0 atom stereocenters. The van der Waals surface area contributed by atoms with E-state index in [1.165, 1.54) is 190 Å². The molecule has 260 valence electrons. The van der Waals surface area contributed by atoms with Gasteiger partial charge in [-0.05, 0) is 61.5 Å². The lowest BCUT2D eigenvalue weighted by Crippen LogP contribution is -2.10. The molecule has 0 fully saturated rings. The van der Waals surface area contributed by atoms with Crippen molar-refractivity contribution in [2.24, 2.45) is 0 Å². The van der Waals surface area contributed by atoms with Gasteiger partial charge < -0.3 is 14.2 Å². The number of hydrogen-bond donors (Lipinski definition) is 0. The maximum absolute atomic E-state index is 5.72. The normalized spacial score (nSPS) is 11.6. The molecular formula is C38H78O3S2. The minimum atomic E-state index is 0.689. The van der Waals surface area contributed by atoms with Gasteiger partial charge in [0.05, 0.1) is 26.4 Å². The monoisotopic (exact) mass is 647 g/mol. The Morgan fingerprint density at radius 1 is 0.256 bits per heavy atom. The van der Waals surface area contributed by atoms with Gasteiger partial charge in [-0.1, -0.05) is 142 Å². The summed E-state index contributed by atoms with van der Waals surface area (Å²) in [5.41, 5.74) is 0. The van der Waals surface area contributed by atoms with E-state index in [4.69, 9.17) is 14.2 Å². The van der Waals surface area contributed by atoms with Gasteiger partial charge in [-0.2, -0.15) is 23.5 Å². The lowest BCUT2D eigenvalue weighted by Gasteiger charge is -2.07. The minimum absolute atomic E-state index is 0.689. The van der Waals surface area contributed by atoms with Crippen LogP contribution >= 0.6 is 23.5 Å². The molecule has 0 aromatic carbocycles. The molecule has 43 heavy (non-hydrogen) atoms. The summed E-state index contributed by atoms with van der Waals surface area (Å²) in [6.45, 7) is 9.14. The Labute approximate surface area is 280 Å². The van der Waals surface area contributed by atoms with Gasteiger partial charge in [-0.25, -0.2) is 0 Å². The van der Waals surface area contributed by atoms with Gasteiger partial charge in [0.25, 0.3) is 0 Å². The Hall–Kier alpha value is 0.580. The first-order valence-corrected chi connectivity index (χ1v) is 21.6. The Balaban J connectivity index is 3.02. The quantitative estimate of drug-likeness (QED) is 0.0618. The first-order chi connectivity index (χ1) is 21.4. The summed E-state index contributed by atoms with van der Waals surface area (Å²) in [7, 11) is 0. The highest BCUT2D eigenvalue weighted by Crippen LogP contribution is 2.15. The molecule has 0 radical (unpaired) electrons. The van der Waals surface area contributed by atoms with Crippen LogP contribution in [0.15, 0.2) is 0 Å². The summed E-state index contributed by atoms with van der Waals surface area (Å²) in [6, 6.07) is 0. The zero-order valence-corrected chi connectivity index (χ0v) is 31.1. The van der Waals surface area contributed by atoms with Gasteiger partial charge in [-0.3, -0.25) is 0 Å². The van der Waals surface area contributed by atoms with E-state index in [-0.39, 0.29) is 0 Å². The summed E-state index contributed by atoms with van der Waals surface area (Å²) < 4.78 is 17.1. The van der Waals surface area contributed by atoms with Gasteiger partial charge in [0.2, 0.25) is 0 Å². The zero-order chi connectivity index (χ0) is 31.0. The van der Waals surface area contributed by atoms with Crippen molar-refractivity contribution in [3.8, 4) is 0 Å². The van der Waals surface area contributed by atoms with Crippen LogP contribution in [0.5, 0.6) is 0 Å². The smallest absolute Gasteiger partial charge is 0.0701 e. The lowest BCUT2D eigenvalue weighted by atomic mass is 10.1. The third-order valence-electron chi connectivity index (χ3n) is 8.18. The molecule has 0 rings (SSSR count). The van der Waals surface area contributed by atoms with E-state index in [1.807, 2.05) is 0 Å². The second kappa shape index (κ2) is 42.6. The van der Waals surface area contributed by atoms with Gasteiger partial charge in [-0.15, -0.1) is 0 Å². The van der Waals surface area contributed by atoms with Crippen molar-refractivity contribution in [3.63, 3.8) is 0 Å². The van der Waals surface area contributed by atoms with Crippen LogP contribution in [-0.2, 0) is 14.2 Å². The predicted molar refractivity (Wildman–Crippen MR) is 198 cm³/mol. The Morgan fingerprint density at radius 2 is 0.488 bits per heavy atom. The van der Waals surface area contributed by atoms with E-state index >= 15 is 0 Å². The summed E-state index contributed by atoms with van der Waals surface area (Å²) in [5.74, 6) is 5.34. The van der Waals surface area contributed by atoms with Crippen LogP contribution in [0.2, 0.25) is 0 Å². The Bertz CT molecular complexity index is 426. The molecule has 0 aliphatic rings. The van der Waals surface area contributed by atoms with Crippen LogP contribution < -0.4 is 0 Å². The van der Waals surface area contributed by atoms with Gasteiger partial charge in [0.15, 0.2) is 0 Å². The van der Waals surface area contributed by atoms with Crippen LogP contribution in [0.3, 0.4) is 0 Å². The highest BCUT2D eigenvalue weighted by atomic mass is 32.2. The van der Waals surface area contributed by atoms with Crippen LogP contribution in [0.25, 0.3) is 0 Å². The first kappa shape index (κ1) is 43.6. The average molecular weight is 647 g/mol. The summed E-state index contributed by atoms with van der Waals surface area (Å²) in [4.78, 5) is 0. The van der Waals surface area contributed by atoms with Crippen molar-refractivity contribution in [2.45, 2.75) is 181 Å². The molecule has 0 unspecified atom stereocenters. The van der Waals surface area contributed by atoms with E-state index in [1.54, 1.807) is 0 Å². The van der Waals surface area contributed by atoms with E-state index in [0.29, 0.717) is 26.4 Å². The molecule has 0 saturated carbocycles. The Kier molecular flexibility index (Phi) is 43.2. The van der Waals surface area contributed by atoms with E-state index in [0.717, 1.165) is 13.2 Å². The van der Waals surface area contributed by atoms with Crippen LogP contribution in [0, 0.1) is 0 Å². The van der Waals surface area contributed by atoms with Crippen molar-refractivity contribution in [1.82, 2.24) is 0 Å². The number of ether oxygens (including phenoxy) is 3. The molecular weight excluding hydrogens is 569 g/mol. The number of thioether (sulfide) groups is 2. The molecule has 0 amide bonds. The van der Waals surface area contributed by atoms with Crippen molar-refractivity contribution in [3.05, 3.63) is 0 Å². The third kappa shape index (κ3) is 42.6. The van der Waals surface area contributed by atoms with E-state index in [9.17, 15) is 0 Å². The number of rotatable bonds is 40. The SMILES string of the molecule is CCCCCCCCCCCCSCCCCCOCCOCCOCCCCCSCCCCCCCCCCCC. The number of hydrogen-bond acceptors (Lipinski definition) is 5. The lowest BCUT2D eigenvalue weighted by molar-refractivity contribution is 0.0133. The molecule has 0 aromatic heterocycles. The van der Waals surface area contributed by atoms with E-state index < -0.39 is 0 Å². The summed E-state index contributed by atoms with van der Waals surface area (Å²) in [6.07, 6.45) is 36.3. The third-order valence-corrected chi connectivity index (χ3v) is 10.5. The van der Waals surface area contributed by atoms with Gasteiger partial charge >= 0.3 is 0 Å².